The van der Waals surface area contributed by atoms with Gasteiger partial charge in [-0.15, -0.1) is 11.3 Å². The van der Waals surface area contributed by atoms with Gasteiger partial charge in [-0.05, 0) is 31.0 Å². The molecule has 0 spiro atoms. The molecule has 1 fully saturated rings. The Morgan fingerprint density at radius 3 is 2.79 bits per heavy atom. The summed E-state index contributed by atoms with van der Waals surface area (Å²) in [5.41, 5.74) is 1.01. The van der Waals surface area contributed by atoms with Crippen molar-refractivity contribution in [1.82, 2.24) is 9.62 Å². The Morgan fingerprint density at radius 1 is 1.42 bits per heavy atom. The minimum absolute atomic E-state index is 0.00361. The van der Waals surface area contributed by atoms with Gasteiger partial charge < -0.3 is 9.73 Å². The number of piperidine rings is 1. The van der Waals surface area contributed by atoms with Crippen LogP contribution in [0.5, 0.6) is 0 Å². The van der Waals surface area contributed by atoms with E-state index in [4.69, 9.17) is 4.42 Å². The van der Waals surface area contributed by atoms with E-state index in [0.29, 0.717) is 32.5 Å². The van der Waals surface area contributed by atoms with Gasteiger partial charge in [-0.25, -0.2) is 12.7 Å². The average Bonchev–Trinajstić information content (AvgIpc) is 3.23. The molecule has 0 aromatic carbocycles. The van der Waals surface area contributed by atoms with Crippen LogP contribution in [0.15, 0.2) is 34.3 Å². The predicted molar refractivity (Wildman–Crippen MR) is 93.0 cm³/mol. The molecule has 6 nitrogen and oxygen atoms in total. The van der Waals surface area contributed by atoms with Crippen LogP contribution < -0.4 is 5.32 Å². The lowest BCUT2D eigenvalue weighted by atomic mass is 9.97. The third kappa shape index (κ3) is 4.06. The zero-order valence-corrected chi connectivity index (χ0v) is 15.0. The molecule has 1 amide bonds. The SMILES string of the molecule is CS(=O)(=O)N1CCC(C(=O)NCc2cc(-c3ccco3)cs2)CC1. The van der Waals surface area contributed by atoms with Crippen molar-refractivity contribution < 1.29 is 17.6 Å². The monoisotopic (exact) mass is 368 g/mol. The van der Waals surface area contributed by atoms with Crippen molar-refractivity contribution in [2.24, 2.45) is 5.92 Å². The number of rotatable bonds is 5. The van der Waals surface area contributed by atoms with Gasteiger partial charge in [0.05, 0.1) is 19.1 Å². The van der Waals surface area contributed by atoms with E-state index in [1.54, 1.807) is 17.6 Å². The summed E-state index contributed by atoms with van der Waals surface area (Å²) in [5.74, 6) is 0.695. The summed E-state index contributed by atoms with van der Waals surface area (Å²) in [6, 6.07) is 5.76. The predicted octanol–water partition coefficient (Wildman–Crippen LogP) is 2.30. The molecule has 0 aliphatic carbocycles. The van der Waals surface area contributed by atoms with Crippen LogP contribution in [0.3, 0.4) is 0 Å². The Balaban J connectivity index is 1.50. The highest BCUT2D eigenvalue weighted by Crippen LogP contribution is 2.26. The maximum absolute atomic E-state index is 12.3. The Morgan fingerprint density at radius 2 is 2.17 bits per heavy atom. The highest BCUT2D eigenvalue weighted by atomic mass is 32.2. The molecule has 3 rings (SSSR count). The molecule has 8 heteroatoms. The third-order valence-corrected chi connectivity index (χ3v) is 6.43. The number of carbonyl (C=O) groups is 1. The summed E-state index contributed by atoms with van der Waals surface area (Å²) in [6.45, 7) is 1.31. The van der Waals surface area contributed by atoms with Crippen LogP contribution in [0, 0.1) is 5.92 Å². The van der Waals surface area contributed by atoms with E-state index < -0.39 is 10.0 Å². The van der Waals surface area contributed by atoms with Crippen LogP contribution in [0.25, 0.3) is 11.3 Å². The van der Waals surface area contributed by atoms with Crippen LogP contribution in [0.1, 0.15) is 17.7 Å². The minimum Gasteiger partial charge on any atom is -0.464 e. The lowest BCUT2D eigenvalue weighted by Gasteiger charge is -2.29. The van der Waals surface area contributed by atoms with Gasteiger partial charge in [-0.2, -0.15) is 0 Å². The van der Waals surface area contributed by atoms with Gasteiger partial charge in [0.25, 0.3) is 0 Å². The van der Waals surface area contributed by atoms with Crippen LogP contribution >= 0.6 is 11.3 Å². The van der Waals surface area contributed by atoms with Crippen molar-refractivity contribution in [2.45, 2.75) is 19.4 Å². The van der Waals surface area contributed by atoms with Crippen molar-refractivity contribution in [3.8, 4) is 11.3 Å². The first kappa shape index (κ1) is 17.2. The summed E-state index contributed by atoms with van der Waals surface area (Å²) in [4.78, 5) is 13.3. The van der Waals surface area contributed by atoms with Gasteiger partial charge in [-0.1, -0.05) is 0 Å². The van der Waals surface area contributed by atoms with Gasteiger partial charge in [-0.3, -0.25) is 4.79 Å². The molecule has 0 saturated carbocycles. The number of furan rings is 1. The van der Waals surface area contributed by atoms with Crippen LogP contribution in [0.4, 0.5) is 0 Å². The minimum atomic E-state index is -3.15. The second-order valence-electron chi connectivity index (χ2n) is 5.93. The number of carbonyl (C=O) groups excluding carboxylic acids is 1. The highest BCUT2D eigenvalue weighted by Gasteiger charge is 2.28. The Hall–Kier alpha value is -1.64. The molecule has 0 atom stereocenters. The van der Waals surface area contributed by atoms with Gasteiger partial charge in [0, 0.05) is 34.8 Å². The molecule has 0 bridgehead atoms. The molecular weight excluding hydrogens is 348 g/mol. The first-order valence-electron chi connectivity index (χ1n) is 7.77. The molecule has 0 unspecified atom stereocenters. The Labute approximate surface area is 145 Å². The van der Waals surface area contributed by atoms with Crippen LogP contribution in [-0.4, -0.2) is 38.0 Å². The number of sulfonamides is 1. The fourth-order valence-electron chi connectivity index (χ4n) is 2.81. The molecule has 24 heavy (non-hydrogen) atoms. The molecule has 1 aliphatic heterocycles. The second kappa shape index (κ2) is 7.08. The summed E-state index contributed by atoms with van der Waals surface area (Å²) >= 11 is 1.58. The van der Waals surface area contributed by atoms with E-state index in [0.717, 1.165) is 16.2 Å². The van der Waals surface area contributed by atoms with Gasteiger partial charge in [0.1, 0.15) is 5.76 Å². The number of nitrogens with one attached hydrogen (secondary N) is 1. The smallest absolute Gasteiger partial charge is 0.223 e. The van der Waals surface area contributed by atoms with Gasteiger partial charge in [0.2, 0.25) is 15.9 Å². The average molecular weight is 368 g/mol. The largest absolute Gasteiger partial charge is 0.464 e. The number of hydrogen-bond donors (Lipinski definition) is 1. The summed E-state index contributed by atoms with van der Waals surface area (Å²) < 4.78 is 29.8. The van der Waals surface area contributed by atoms with Gasteiger partial charge >= 0.3 is 0 Å². The van der Waals surface area contributed by atoms with Crippen LogP contribution in [-0.2, 0) is 21.4 Å². The van der Waals surface area contributed by atoms with Crippen molar-refractivity contribution in [1.29, 1.82) is 0 Å². The van der Waals surface area contributed by atoms with E-state index in [1.165, 1.54) is 10.6 Å². The molecule has 3 heterocycles. The molecule has 2 aromatic rings. The molecule has 130 valence electrons. The fraction of sp³-hybridized carbons (Fsp3) is 0.438. The number of nitrogens with zero attached hydrogens (tertiary/aromatic N) is 1. The van der Waals surface area contributed by atoms with Crippen LogP contribution in [0.2, 0.25) is 0 Å². The quantitative estimate of drug-likeness (QED) is 0.878. The summed E-state index contributed by atoms with van der Waals surface area (Å²) in [6.07, 6.45) is 3.99. The van der Waals surface area contributed by atoms with Crippen molar-refractivity contribution in [3.05, 3.63) is 34.7 Å². The first-order chi connectivity index (χ1) is 11.4. The van der Waals surface area contributed by atoms with E-state index in [-0.39, 0.29) is 11.8 Å². The fourth-order valence-corrected chi connectivity index (χ4v) is 4.50. The Bertz CT molecular complexity index is 788. The maximum Gasteiger partial charge on any atom is 0.223 e. The number of amides is 1. The van der Waals surface area contributed by atoms with E-state index >= 15 is 0 Å². The lowest BCUT2D eigenvalue weighted by molar-refractivity contribution is -0.126. The molecule has 1 N–H and O–H groups in total. The van der Waals surface area contributed by atoms with Crippen molar-refractivity contribution >= 4 is 27.3 Å². The topological polar surface area (TPSA) is 79.6 Å². The molecule has 2 aromatic heterocycles. The molecular formula is C16H20N2O4S2. The second-order valence-corrected chi connectivity index (χ2v) is 8.91. The van der Waals surface area contributed by atoms with Crippen molar-refractivity contribution in [3.63, 3.8) is 0 Å². The van der Waals surface area contributed by atoms with Gasteiger partial charge in [0.15, 0.2) is 0 Å². The molecule has 1 saturated heterocycles. The first-order valence-corrected chi connectivity index (χ1v) is 10.5. The standard InChI is InChI=1S/C16H20N2O4S2/c1-24(20,21)18-6-4-12(5-7-18)16(19)17-10-14-9-13(11-23-14)15-3-2-8-22-15/h2-3,8-9,11-12H,4-7,10H2,1H3,(H,17,19). The molecule has 1 aliphatic rings. The summed E-state index contributed by atoms with van der Waals surface area (Å²) in [7, 11) is -3.15. The van der Waals surface area contributed by atoms with E-state index in [2.05, 4.69) is 5.32 Å². The normalized spacial score (nSPS) is 17.0. The van der Waals surface area contributed by atoms with E-state index in [1.807, 2.05) is 23.6 Å². The van der Waals surface area contributed by atoms with E-state index in [9.17, 15) is 13.2 Å². The molecule has 0 radical (unpaired) electrons. The zero-order valence-electron chi connectivity index (χ0n) is 13.4. The summed E-state index contributed by atoms with van der Waals surface area (Å²) in [5, 5.41) is 4.96. The third-order valence-electron chi connectivity index (χ3n) is 4.19. The Kier molecular flexibility index (Phi) is 5.07. The number of thiophene rings is 1. The number of hydrogen-bond acceptors (Lipinski definition) is 5. The zero-order chi connectivity index (χ0) is 17.2. The maximum atomic E-state index is 12.3. The lowest BCUT2D eigenvalue weighted by Crippen LogP contribution is -2.42. The van der Waals surface area contributed by atoms with Crippen molar-refractivity contribution in [2.75, 3.05) is 19.3 Å². The highest BCUT2D eigenvalue weighted by molar-refractivity contribution is 7.88.